The lowest BCUT2D eigenvalue weighted by atomic mass is 10.2. The van der Waals surface area contributed by atoms with Crippen molar-refractivity contribution in [3.63, 3.8) is 0 Å². The second-order valence-electron chi connectivity index (χ2n) is 6.13. The predicted molar refractivity (Wildman–Crippen MR) is 112 cm³/mol. The second-order valence-corrected chi connectivity index (χ2v) is 7.87. The van der Waals surface area contributed by atoms with Gasteiger partial charge in [0.2, 0.25) is 5.91 Å². The van der Waals surface area contributed by atoms with E-state index in [1.807, 2.05) is 37.3 Å². The largest absolute Gasteiger partial charge is 0.325 e. The summed E-state index contributed by atoms with van der Waals surface area (Å²) in [4.78, 5) is 30.0. The van der Waals surface area contributed by atoms with Crippen molar-refractivity contribution in [1.29, 1.82) is 0 Å². The molecule has 0 bridgehead atoms. The third kappa shape index (κ3) is 4.51. The SMILES string of the molecule is CCCn1c(SC(C)C(=O)Nc2ccccc2)nc2cc(Cl)ccc2c1=O. The molecule has 2 aromatic carbocycles. The van der Waals surface area contributed by atoms with Crippen molar-refractivity contribution in [2.75, 3.05) is 5.32 Å². The van der Waals surface area contributed by atoms with Crippen molar-refractivity contribution >= 4 is 45.9 Å². The summed E-state index contributed by atoms with van der Waals surface area (Å²) in [5.74, 6) is -0.144. The van der Waals surface area contributed by atoms with Crippen LogP contribution in [0.25, 0.3) is 10.9 Å². The predicted octanol–water partition coefficient (Wildman–Crippen LogP) is 4.58. The fourth-order valence-corrected chi connectivity index (χ4v) is 3.76. The Kier molecular flexibility index (Phi) is 6.19. The molecule has 1 amide bonds. The molecule has 5 nitrogen and oxygen atoms in total. The minimum atomic E-state index is -0.420. The number of rotatable bonds is 6. The number of hydrogen-bond acceptors (Lipinski definition) is 4. The van der Waals surface area contributed by atoms with Crippen LogP contribution in [0.4, 0.5) is 5.69 Å². The molecular formula is C20H20ClN3O2S. The molecule has 3 rings (SSSR count). The Morgan fingerprint density at radius 1 is 1.26 bits per heavy atom. The van der Waals surface area contributed by atoms with Crippen molar-refractivity contribution in [2.45, 2.75) is 37.2 Å². The van der Waals surface area contributed by atoms with Crippen LogP contribution in [0.15, 0.2) is 58.5 Å². The summed E-state index contributed by atoms with van der Waals surface area (Å²) < 4.78 is 1.63. The first kappa shape index (κ1) is 19.5. The molecule has 0 spiro atoms. The van der Waals surface area contributed by atoms with Gasteiger partial charge in [0.1, 0.15) is 0 Å². The number of amides is 1. The lowest BCUT2D eigenvalue weighted by Crippen LogP contribution is -2.27. The van der Waals surface area contributed by atoms with Crippen LogP contribution in [0.2, 0.25) is 5.02 Å². The summed E-state index contributed by atoms with van der Waals surface area (Å²) in [7, 11) is 0. The van der Waals surface area contributed by atoms with E-state index in [0.717, 1.165) is 12.1 Å². The van der Waals surface area contributed by atoms with Gasteiger partial charge in [-0.05, 0) is 43.7 Å². The van der Waals surface area contributed by atoms with E-state index in [2.05, 4.69) is 10.3 Å². The van der Waals surface area contributed by atoms with Gasteiger partial charge in [0, 0.05) is 17.3 Å². The average Bonchev–Trinajstić information content (AvgIpc) is 2.65. The molecule has 140 valence electrons. The van der Waals surface area contributed by atoms with Crippen LogP contribution in [0.1, 0.15) is 20.3 Å². The van der Waals surface area contributed by atoms with E-state index < -0.39 is 5.25 Å². The second kappa shape index (κ2) is 8.59. The van der Waals surface area contributed by atoms with Gasteiger partial charge < -0.3 is 5.32 Å². The van der Waals surface area contributed by atoms with Gasteiger partial charge >= 0.3 is 0 Å². The summed E-state index contributed by atoms with van der Waals surface area (Å²) in [6.45, 7) is 4.34. The van der Waals surface area contributed by atoms with Gasteiger partial charge in [-0.15, -0.1) is 0 Å². The molecule has 0 aliphatic heterocycles. The molecule has 1 N–H and O–H groups in total. The monoisotopic (exact) mass is 401 g/mol. The Hall–Kier alpha value is -2.31. The number of hydrogen-bond donors (Lipinski definition) is 1. The molecular weight excluding hydrogens is 382 g/mol. The average molecular weight is 402 g/mol. The van der Waals surface area contributed by atoms with Gasteiger partial charge in [0.15, 0.2) is 5.16 Å². The first-order chi connectivity index (χ1) is 13.0. The highest BCUT2D eigenvalue weighted by Crippen LogP contribution is 2.25. The Labute approximate surface area is 166 Å². The highest BCUT2D eigenvalue weighted by Gasteiger charge is 2.19. The Balaban J connectivity index is 1.91. The summed E-state index contributed by atoms with van der Waals surface area (Å²) in [6.07, 6.45) is 0.791. The number of carbonyl (C=O) groups excluding carboxylic acids is 1. The quantitative estimate of drug-likeness (QED) is 0.485. The van der Waals surface area contributed by atoms with E-state index in [1.54, 1.807) is 29.7 Å². The van der Waals surface area contributed by atoms with Crippen molar-refractivity contribution in [1.82, 2.24) is 9.55 Å². The highest BCUT2D eigenvalue weighted by molar-refractivity contribution is 8.00. The maximum Gasteiger partial charge on any atom is 0.262 e. The smallest absolute Gasteiger partial charge is 0.262 e. The van der Waals surface area contributed by atoms with Crippen LogP contribution in [0.3, 0.4) is 0 Å². The lowest BCUT2D eigenvalue weighted by molar-refractivity contribution is -0.115. The number of thioether (sulfide) groups is 1. The maximum absolute atomic E-state index is 12.9. The Morgan fingerprint density at radius 3 is 2.70 bits per heavy atom. The fourth-order valence-electron chi connectivity index (χ4n) is 2.66. The molecule has 27 heavy (non-hydrogen) atoms. The number of nitrogens with one attached hydrogen (secondary N) is 1. The summed E-state index contributed by atoms with van der Waals surface area (Å²) in [5, 5.41) is 4.03. The molecule has 0 saturated heterocycles. The van der Waals surface area contributed by atoms with E-state index in [9.17, 15) is 9.59 Å². The molecule has 1 atom stereocenters. The number of aromatic nitrogens is 2. The molecule has 1 unspecified atom stereocenters. The van der Waals surface area contributed by atoms with Gasteiger partial charge in [-0.1, -0.05) is 48.5 Å². The zero-order valence-electron chi connectivity index (χ0n) is 15.1. The van der Waals surface area contributed by atoms with Crippen LogP contribution in [0.5, 0.6) is 0 Å². The van der Waals surface area contributed by atoms with E-state index in [1.165, 1.54) is 11.8 Å². The summed E-state index contributed by atoms with van der Waals surface area (Å²) in [6, 6.07) is 14.3. The van der Waals surface area contributed by atoms with Gasteiger partial charge in [0.05, 0.1) is 16.2 Å². The molecule has 7 heteroatoms. The highest BCUT2D eigenvalue weighted by atomic mass is 35.5. The van der Waals surface area contributed by atoms with E-state index in [0.29, 0.717) is 27.6 Å². The first-order valence-electron chi connectivity index (χ1n) is 8.72. The van der Waals surface area contributed by atoms with Crippen LogP contribution in [0, 0.1) is 0 Å². The topological polar surface area (TPSA) is 64.0 Å². The minimum Gasteiger partial charge on any atom is -0.325 e. The van der Waals surface area contributed by atoms with Crippen LogP contribution in [-0.4, -0.2) is 20.7 Å². The van der Waals surface area contributed by atoms with Crippen molar-refractivity contribution in [2.24, 2.45) is 0 Å². The first-order valence-corrected chi connectivity index (χ1v) is 9.98. The van der Waals surface area contributed by atoms with E-state index in [4.69, 9.17) is 11.6 Å². The Bertz CT molecular complexity index is 1020. The third-order valence-electron chi connectivity index (χ3n) is 4.02. The molecule has 1 heterocycles. The van der Waals surface area contributed by atoms with E-state index in [-0.39, 0.29) is 11.5 Å². The van der Waals surface area contributed by atoms with Crippen molar-refractivity contribution in [3.05, 3.63) is 63.9 Å². The van der Waals surface area contributed by atoms with Crippen LogP contribution >= 0.6 is 23.4 Å². The zero-order chi connectivity index (χ0) is 19.4. The lowest BCUT2D eigenvalue weighted by Gasteiger charge is -2.16. The number of benzene rings is 2. The molecule has 0 fully saturated rings. The Morgan fingerprint density at radius 2 is 2.00 bits per heavy atom. The molecule has 0 aliphatic rings. The molecule has 0 aliphatic carbocycles. The third-order valence-corrected chi connectivity index (χ3v) is 5.35. The van der Waals surface area contributed by atoms with Crippen molar-refractivity contribution < 1.29 is 4.79 Å². The van der Waals surface area contributed by atoms with Crippen LogP contribution < -0.4 is 10.9 Å². The summed E-state index contributed by atoms with van der Waals surface area (Å²) in [5.41, 5.74) is 1.16. The van der Waals surface area contributed by atoms with Gasteiger partial charge in [0.25, 0.3) is 5.56 Å². The number of fused-ring (bicyclic) bond motifs is 1. The number of halogens is 1. The van der Waals surface area contributed by atoms with Gasteiger partial charge in [-0.3, -0.25) is 14.2 Å². The number of anilines is 1. The number of carbonyl (C=O) groups is 1. The van der Waals surface area contributed by atoms with Crippen LogP contribution in [-0.2, 0) is 11.3 Å². The van der Waals surface area contributed by atoms with Gasteiger partial charge in [-0.2, -0.15) is 0 Å². The minimum absolute atomic E-state index is 0.114. The number of para-hydroxylation sites is 1. The summed E-state index contributed by atoms with van der Waals surface area (Å²) >= 11 is 7.32. The zero-order valence-corrected chi connectivity index (χ0v) is 16.7. The van der Waals surface area contributed by atoms with Crippen molar-refractivity contribution in [3.8, 4) is 0 Å². The standard InChI is InChI=1S/C20H20ClN3O2S/c1-3-11-24-19(26)16-10-9-14(21)12-17(16)23-20(24)27-13(2)18(25)22-15-7-5-4-6-8-15/h4-10,12-13H,3,11H2,1-2H3,(H,22,25). The number of nitrogens with zero attached hydrogens (tertiary/aromatic N) is 2. The maximum atomic E-state index is 12.9. The normalized spacial score (nSPS) is 12.1. The molecule has 1 aromatic heterocycles. The molecule has 0 radical (unpaired) electrons. The fraction of sp³-hybridized carbons (Fsp3) is 0.250. The van der Waals surface area contributed by atoms with Gasteiger partial charge in [-0.25, -0.2) is 4.98 Å². The molecule has 3 aromatic rings. The van der Waals surface area contributed by atoms with E-state index >= 15 is 0 Å². The molecule has 0 saturated carbocycles.